The molecule has 2 nitrogen and oxygen atoms in total. The van der Waals surface area contributed by atoms with Crippen LogP contribution in [0.15, 0.2) is 24.3 Å². The standard InChI is InChI=1S/C14H21ClN2/c15-14-8-2-1-5-12(14)6-3-9-17-10-4-7-13(17)11-16/h1-2,5,8,13H,3-4,6-7,9-11,16H2. The van der Waals surface area contributed by atoms with Crippen LogP contribution in [0.4, 0.5) is 0 Å². The van der Waals surface area contributed by atoms with Crippen molar-refractivity contribution in [2.45, 2.75) is 31.7 Å². The summed E-state index contributed by atoms with van der Waals surface area (Å²) in [6.45, 7) is 3.16. The maximum atomic E-state index is 6.14. The van der Waals surface area contributed by atoms with Crippen molar-refractivity contribution in [3.8, 4) is 0 Å². The molecule has 1 unspecified atom stereocenters. The third kappa shape index (κ3) is 3.44. The quantitative estimate of drug-likeness (QED) is 0.873. The fourth-order valence-electron chi connectivity index (χ4n) is 2.63. The minimum Gasteiger partial charge on any atom is -0.329 e. The van der Waals surface area contributed by atoms with Gasteiger partial charge < -0.3 is 5.73 Å². The van der Waals surface area contributed by atoms with Gasteiger partial charge in [-0.15, -0.1) is 0 Å². The highest BCUT2D eigenvalue weighted by molar-refractivity contribution is 6.31. The summed E-state index contributed by atoms with van der Waals surface area (Å²) in [6, 6.07) is 8.74. The number of nitrogens with zero attached hydrogens (tertiary/aromatic N) is 1. The minimum atomic E-state index is 0.612. The van der Waals surface area contributed by atoms with E-state index in [1.54, 1.807) is 0 Å². The van der Waals surface area contributed by atoms with Gasteiger partial charge in [-0.25, -0.2) is 0 Å². The van der Waals surface area contributed by atoms with Crippen molar-refractivity contribution in [3.05, 3.63) is 34.9 Å². The minimum absolute atomic E-state index is 0.612. The fourth-order valence-corrected chi connectivity index (χ4v) is 2.86. The van der Waals surface area contributed by atoms with Crippen LogP contribution in [0, 0.1) is 0 Å². The van der Waals surface area contributed by atoms with E-state index >= 15 is 0 Å². The number of halogens is 1. The SMILES string of the molecule is NCC1CCCN1CCCc1ccccc1Cl. The molecule has 0 bridgehead atoms. The molecule has 0 radical (unpaired) electrons. The van der Waals surface area contributed by atoms with E-state index in [1.807, 2.05) is 12.1 Å². The lowest BCUT2D eigenvalue weighted by Gasteiger charge is -2.22. The van der Waals surface area contributed by atoms with Gasteiger partial charge in [0.25, 0.3) is 0 Å². The number of aryl methyl sites for hydroxylation is 1. The summed E-state index contributed by atoms with van der Waals surface area (Å²) < 4.78 is 0. The molecule has 1 saturated heterocycles. The fraction of sp³-hybridized carbons (Fsp3) is 0.571. The number of hydrogen-bond donors (Lipinski definition) is 1. The summed E-state index contributed by atoms with van der Waals surface area (Å²) >= 11 is 6.14. The monoisotopic (exact) mass is 252 g/mol. The van der Waals surface area contributed by atoms with Crippen LogP contribution in [0.1, 0.15) is 24.8 Å². The van der Waals surface area contributed by atoms with Crippen LogP contribution in [0.25, 0.3) is 0 Å². The van der Waals surface area contributed by atoms with Gasteiger partial charge >= 0.3 is 0 Å². The van der Waals surface area contributed by atoms with Crippen LogP contribution in [0.2, 0.25) is 5.02 Å². The normalized spacial score (nSPS) is 20.9. The Kier molecular flexibility index (Phi) is 4.84. The van der Waals surface area contributed by atoms with Gasteiger partial charge in [0, 0.05) is 17.6 Å². The second-order valence-corrected chi connectivity index (χ2v) is 5.17. The van der Waals surface area contributed by atoms with Crippen molar-refractivity contribution >= 4 is 11.6 Å². The molecule has 0 amide bonds. The van der Waals surface area contributed by atoms with E-state index in [4.69, 9.17) is 17.3 Å². The highest BCUT2D eigenvalue weighted by Crippen LogP contribution is 2.19. The first kappa shape index (κ1) is 12.9. The van der Waals surface area contributed by atoms with Crippen LogP contribution in [-0.2, 0) is 6.42 Å². The van der Waals surface area contributed by atoms with Gasteiger partial charge in [0.15, 0.2) is 0 Å². The van der Waals surface area contributed by atoms with Gasteiger partial charge in [0.1, 0.15) is 0 Å². The summed E-state index contributed by atoms with van der Waals surface area (Å²) in [6.07, 6.45) is 4.80. The zero-order valence-corrected chi connectivity index (χ0v) is 11.0. The zero-order valence-electron chi connectivity index (χ0n) is 10.2. The van der Waals surface area contributed by atoms with E-state index in [1.165, 1.54) is 31.4 Å². The van der Waals surface area contributed by atoms with Crippen molar-refractivity contribution in [2.24, 2.45) is 5.73 Å². The molecule has 1 aromatic carbocycles. The molecular weight excluding hydrogens is 232 g/mol. The Morgan fingerprint density at radius 3 is 2.94 bits per heavy atom. The second-order valence-electron chi connectivity index (χ2n) is 4.76. The van der Waals surface area contributed by atoms with E-state index in [0.29, 0.717) is 6.04 Å². The van der Waals surface area contributed by atoms with Crippen molar-refractivity contribution < 1.29 is 0 Å². The highest BCUT2D eigenvalue weighted by atomic mass is 35.5. The highest BCUT2D eigenvalue weighted by Gasteiger charge is 2.22. The number of hydrogen-bond acceptors (Lipinski definition) is 2. The second kappa shape index (κ2) is 6.39. The average molecular weight is 253 g/mol. The van der Waals surface area contributed by atoms with Crippen LogP contribution in [0.3, 0.4) is 0 Å². The molecule has 1 aliphatic rings. The molecule has 0 spiro atoms. The van der Waals surface area contributed by atoms with E-state index in [-0.39, 0.29) is 0 Å². The summed E-state index contributed by atoms with van der Waals surface area (Å²) in [5.41, 5.74) is 7.03. The lowest BCUT2D eigenvalue weighted by atomic mass is 10.1. The molecule has 2 rings (SSSR count). The zero-order chi connectivity index (χ0) is 12.1. The Bertz CT molecular complexity index is 354. The Morgan fingerprint density at radius 1 is 1.35 bits per heavy atom. The van der Waals surface area contributed by atoms with Gasteiger partial charge in [-0.05, 0) is 50.4 Å². The number of benzene rings is 1. The first-order valence-corrected chi connectivity index (χ1v) is 6.86. The molecule has 1 heterocycles. The summed E-state index contributed by atoms with van der Waals surface area (Å²) in [7, 11) is 0. The Balaban J connectivity index is 1.78. The lowest BCUT2D eigenvalue weighted by Crippen LogP contribution is -2.36. The van der Waals surface area contributed by atoms with E-state index < -0.39 is 0 Å². The van der Waals surface area contributed by atoms with E-state index in [9.17, 15) is 0 Å². The number of rotatable bonds is 5. The average Bonchev–Trinajstić information content (AvgIpc) is 2.79. The molecule has 1 aliphatic heterocycles. The Hall–Kier alpha value is -0.570. The molecule has 3 heteroatoms. The third-order valence-corrected chi connectivity index (χ3v) is 3.99. The smallest absolute Gasteiger partial charge is 0.0437 e. The van der Waals surface area contributed by atoms with Crippen molar-refractivity contribution in [1.29, 1.82) is 0 Å². The van der Waals surface area contributed by atoms with Gasteiger partial charge in [0.05, 0.1) is 0 Å². The molecule has 0 aliphatic carbocycles. The van der Waals surface area contributed by atoms with Crippen LogP contribution < -0.4 is 5.73 Å². The van der Waals surface area contributed by atoms with Gasteiger partial charge in [-0.2, -0.15) is 0 Å². The molecular formula is C14H21ClN2. The van der Waals surface area contributed by atoms with Crippen LogP contribution >= 0.6 is 11.6 Å². The molecule has 2 N–H and O–H groups in total. The maximum Gasteiger partial charge on any atom is 0.0437 e. The molecule has 1 fully saturated rings. The summed E-state index contributed by atoms with van der Waals surface area (Å²) in [4.78, 5) is 2.52. The van der Waals surface area contributed by atoms with Crippen molar-refractivity contribution in [2.75, 3.05) is 19.6 Å². The van der Waals surface area contributed by atoms with Crippen molar-refractivity contribution in [1.82, 2.24) is 4.90 Å². The van der Waals surface area contributed by atoms with E-state index in [2.05, 4.69) is 17.0 Å². The molecule has 1 aromatic rings. The van der Waals surface area contributed by atoms with Crippen molar-refractivity contribution in [3.63, 3.8) is 0 Å². The molecule has 94 valence electrons. The Morgan fingerprint density at radius 2 is 2.18 bits per heavy atom. The Labute approximate surface area is 109 Å². The number of nitrogens with two attached hydrogens (primary N) is 1. The lowest BCUT2D eigenvalue weighted by molar-refractivity contribution is 0.256. The van der Waals surface area contributed by atoms with Gasteiger partial charge in [0.2, 0.25) is 0 Å². The van der Waals surface area contributed by atoms with E-state index in [0.717, 1.165) is 24.5 Å². The largest absolute Gasteiger partial charge is 0.329 e. The first-order chi connectivity index (χ1) is 8.31. The van der Waals surface area contributed by atoms with Crippen LogP contribution in [-0.4, -0.2) is 30.6 Å². The first-order valence-electron chi connectivity index (χ1n) is 6.49. The number of likely N-dealkylation sites (tertiary alicyclic amines) is 1. The molecule has 1 atom stereocenters. The molecule has 17 heavy (non-hydrogen) atoms. The predicted octanol–water partition coefficient (Wildman–Crippen LogP) is 2.70. The predicted molar refractivity (Wildman–Crippen MR) is 73.4 cm³/mol. The van der Waals surface area contributed by atoms with Crippen LogP contribution in [0.5, 0.6) is 0 Å². The topological polar surface area (TPSA) is 29.3 Å². The summed E-state index contributed by atoms with van der Waals surface area (Å²) in [5, 5.41) is 0.893. The third-order valence-electron chi connectivity index (χ3n) is 3.62. The maximum absolute atomic E-state index is 6.14. The molecule has 0 saturated carbocycles. The van der Waals surface area contributed by atoms with Gasteiger partial charge in [-0.3, -0.25) is 4.90 Å². The van der Waals surface area contributed by atoms with Gasteiger partial charge in [-0.1, -0.05) is 29.8 Å². The molecule has 0 aromatic heterocycles. The summed E-state index contributed by atoms with van der Waals surface area (Å²) in [5.74, 6) is 0.